The first-order valence-electron chi connectivity index (χ1n) is 2.33. The molecule has 0 aromatic heterocycles. The van der Waals surface area contributed by atoms with E-state index in [0.29, 0.717) is 0 Å². The van der Waals surface area contributed by atoms with E-state index >= 15 is 0 Å². The molecule has 0 rings (SSSR count). The minimum absolute atomic E-state index is 0.0201. The molecular formula is C5H9Cl2. The molecule has 2 heteroatoms. The van der Waals surface area contributed by atoms with E-state index in [0.717, 1.165) is 11.8 Å². The molecule has 0 nitrogen and oxygen atoms in total. The molecule has 0 aliphatic carbocycles. The summed E-state index contributed by atoms with van der Waals surface area (Å²) in [5, 5.41) is 0.855. The van der Waals surface area contributed by atoms with Crippen molar-refractivity contribution in [2.45, 2.75) is 25.6 Å². The van der Waals surface area contributed by atoms with Gasteiger partial charge in [-0.2, -0.15) is 0 Å². The number of rotatable bonds is 2. The molecule has 1 atom stereocenters. The molecule has 0 saturated heterocycles. The summed E-state index contributed by atoms with van der Waals surface area (Å²) in [6.07, 6.45) is 0.867. The van der Waals surface area contributed by atoms with E-state index in [-0.39, 0.29) is 5.38 Å². The summed E-state index contributed by atoms with van der Waals surface area (Å²) in [6.45, 7) is 3.86. The van der Waals surface area contributed by atoms with Crippen LogP contribution in [0.1, 0.15) is 20.3 Å². The molecule has 7 heavy (non-hydrogen) atoms. The lowest BCUT2D eigenvalue weighted by molar-refractivity contribution is 0.932. The van der Waals surface area contributed by atoms with Gasteiger partial charge >= 0.3 is 0 Å². The van der Waals surface area contributed by atoms with Crippen molar-refractivity contribution in [1.29, 1.82) is 0 Å². The highest BCUT2D eigenvalue weighted by Crippen LogP contribution is 2.20. The van der Waals surface area contributed by atoms with Gasteiger partial charge in [-0.15, -0.1) is 23.2 Å². The summed E-state index contributed by atoms with van der Waals surface area (Å²) in [6, 6.07) is 0. The minimum atomic E-state index is 0.0201. The summed E-state index contributed by atoms with van der Waals surface area (Å²) in [7, 11) is 0. The van der Waals surface area contributed by atoms with Crippen LogP contribution in [0.2, 0.25) is 0 Å². The maximum Gasteiger partial charge on any atom is 0.0809 e. The molecule has 0 N–H and O–H groups in total. The molecule has 1 unspecified atom stereocenters. The van der Waals surface area contributed by atoms with Gasteiger partial charge in [0.25, 0.3) is 0 Å². The normalized spacial score (nSPS) is 15.0. The van der Waals surface area contributed by atoms with Crippen LogP contribution in [0, 0.1) is 5.38 Å². The van der Waals surface area contributed by atoms with E-state index in [1.807, 2.05) is 13.8 Å². The zero-order valence-electron chi connectivity index (χ0n) is 4.54. The van der Waals surface area contributed by atoms with Gasteiger partial charge in [0.1, 0.15) is 0 Å². The summed E-state index contributed by atoms with van der Waals surface area (Å²) < 4.78 is 0. The standard InChI is InChI=1S/C5H9Cl2/c1-3-5(7)4(2)6/h4H,3H2,1-2H3. The average molecular weight is 140 g/mol. The Bertz CT molecular complexity index is 43.3. The lowest BCUT2D eigenvalue weighted by Crippen LogP contribution is -1.98. The molecule has 0 saturated carbocycles. The smallest absolute Gasteiger partial charge is 0.0809 e. The summed E-state index contributed by atoms with van der Waals surface area (Å²) in [4.78, 5) is 0. The highest BCUT2D eigenvalue weighted by molar-refractivity contribution is 6.34. The van der Waals surface area contributed by atoms with E-state index in [1.54, 1.807) is 0 Å². The van der Waals surface area contributed by atoms with Crippen LogP contribution < -0.4 is 0 Å². The van der Waals surface area contributed by atoms with Crippen LogP contribution in [0.15, 0.2) is 0 Å². The van der Waals surface area contributed by atoms with Gasteiger partial charge < -0.3 is 0 Å². The van der Waals surface area contributed by atoms with Crippen molar-refractivity contribution < 1.29 is 0 Å². The number of alkyl halides is 1. The maximum atomic E-state index is 5.58. The highest BCUT2D eigenvalue weighted by atomic mass is 35.5. The van der Waals surface area contributed by atoms with E-state index < -0.39 is 0 Å². The van der Waals surface area contributed by atoms with Crippen molar-refractivity contribution in [1.82, 2.24) is 0 Å². The van der Waals surface area contributed by atoms with Gasteiger partial charge in [-0.05, 0) is 13.3 Å². The monoisotopic (exact) mass is 139 g/mol. The molecule has 0 aliphatic heterocycles. The molecule has 1 radical (unpaired) electrons. The number of hydrogen-bond donors (Lipinski definition) is 0. The van der Waals surface area contributed by atoms with Gasteiger partial charge in [0.2, 0.25) is 0 Å². The van der Waals surface area contributed by atoms with Crippen molar-refractivity contribution in [2.75, 3.05) is 0 Å². The van der Waals surface area contributed by atoms with Crippen LogP contribution >= 0.6 is 23.2 Å². The van der Waals surface area contributed by atoms with Crippen molar-refractivity contribution in [2.24, 2.45) is 0 Å². The Morgan fingerprint density at radius 3 is 2.14 bits per heavy atom. The molecule has 43 valence electrons. The Balaban J connectivity index is 3.14. The third kappa shape index (κ3) is 3.19. The van der Waals surface area contributed by atoms with Crippen LogP contribution in [-0.2, 0) is 0 Å². The Labute approximate surface area is 54.8 Å². The lowest BCUT2D eigenvalue weighted by atomic mass is 10.3. The average Bonchev–Trinajstić information content (AvgIpc) is 1.65. The van der Waals surface area contributed by atoms with Crippen LogP contribution in [0.5, 0.6) is 0 Å². The molecule has 0 amide bonds. The third-order valence-electron chi connectivity index (χ3n) is 0.769. The van der Waals surface area contributed by atoms with Crippen molar-refractivity contribution in [3.8, 4) is 0 Å². The second-order valence-electron chi connectivity index (χ2n) is 1.42. The number of hydrogen-bond acceptors (Lipinski definition) is 0. The Hall–Kier alpha value is 0.580. The Morgan fingerprint density at radius 1 is 1.71 bits per heavy atom. The van der Waals surface area contributed by atoms with Gasteiger partial charge in [0, 0.05) is 0 Å². The second kappa shape index (κ2) is 3.57. The van der Waals surface area contributed by atoms with Gasteiger partial charge in [-0.25, -0.2) is 0 Å². The fourth-order valence-electron chi connectivity index (χ4n) is 0.281. The quantitative estimate of drug-likeness (QED) is 0.517. The van der Waals surface area contributed by atoms with E-state index in [4.69, 9.17) is 23.2 Å². The fourth-order valence-corrected chi connectivity index (χ4v) is 0.436. The molecule has 0 spiro atoms. The first-order chi connectivity index (χ1) is 3.18. The Morgan fingerprint density at radius 2 is 2.14 bits per heavy atom. The number of halogens is 2. The Kier molecular flexibility index (Phi) is 3.86. The van der Waals surface area contributed by atoms with Gasteiger partial charge in [-0.1, -0.05) is 6.92 Å². The first-order valence-corrected chi connectivity index (χ1v) is 3.15. The summed E-state index contributed by atoms with van der Waals surface area (Å²) in [5.41, 5.74) is 0. The highest BCUT2D eigenvalue weighted by Gasteiger charge is 2.07. The topological polar surface area (TPSA) is 0 Å². The van der Waals surface area contributed by atoms with Gasteiger partial charge in [0.05, 0.1) is 10.8 Å². The molecule has 0 heterocycles. The van der Waals surface area contributed by atoms with Crippen LogP contribution in [0.3, 0.4) is 0 Å². The predicted molar refractivity (Wildman–Crippen MR) is 34.7 cm³/mol. The molecule has 0 aliphatic rings. The predicted octanol–water partition coefficient (Wildman–Crippen LogP) is 2.79. The SMILES string of the molecule is CC[C](Cl)C(C)Cl. The van der Waals surface area contributed by atoms with E-state index in [1.165, 1.54) is 0 Å². The molecular weight excluding hydrogens is 131 g/mol. The van der Waals surface area contributed by atoms with E-state index in [2.05, 4.69) is 0 Å². The van der Waals surface area contributed by atoms with Crippen molar-refractivity contribution in [3.63, 3.8) is 0 Å². The molecule has 0 aromatic rings. The van der Waals surface area contributed by atoms with Gasteiger partial charge in [-0.3, -0.25) is 0 Å². The molecule has 0 fully saturated rings. The molecule has 0 bridgehead atoms. The largest absolute Gasteiger partial charge is 0.121 e. The third-order valence-corrected chi connectivity index (χ3v) is 1.74. The van der Waals surface area contributed by atoms with Crippen LogP contribution in [0.4, 0.5) is 0 Å². The lowest BCUT2D eigenvalue weighted by Gasteiger charge is -2.04. The zero-order valence-corrected chi connectivity index (χ0v) is 6.05. The van der Waals surface area contributed by atoms with Crippen LogP contribution in [-0.4, -0.2) is 5.38 Å². The summed E-state index contributed by atoms with van der Waals surface area (Å²) >= 11 is 11.1. The zero-order chi connectivity index (χ0) is 5.86. The van der Waals surface area contributed by atoms with E-state index in [9.17, 15) is 0 Å². The maximum absolute atomic E-state index is 5.58. The fraction of sp³-hybridized carbons (Fsp3) is 0.800. The first kappa shape index (κ1) is 7.58. The summed E-state index contributed by atoms with van der Waals surface area (Å²) in [5.74, 6) is 0. The van der Waals surface area contributed by atoms with Crippen LogP contribution in [0.25, 0.3) is 0 Å². The second-order valence-corrected chi connectivity index (χ2v) is 2.56. The molecule has 0 aromatic carbocycles. The minimum Gasteiger partial charge on any atom is -0.121 e. The van der Waals surface area contributed by atoms with Crippen molar-refractivity contribution >= 4 is 23.2 Å². The van der Waals surface area contributed by atoms with Gasteiger partial charge in [0.15, 0.2) is 0 Å². The van der Waals surface area contributed by atoms with Crippen molar-refractivity contribution in [3.05, 3.63) is 5.38 Å².